The van der Waals surface area contributed by atoms with Gasteiger partial charge in [-0.2, -0.15) is 0 Å². The van der Waals surface area contributed by atoms with Crippen molar-refractivity contribution in [2.24, 2.45) is 5.92 Å². The van der Waals surface area contributed by atoms with E-state index < -0.39 is 0 Å². The second kappa shape index (κ2) is 8.43. The van der Waals surface area contributed by atoms with Crippen LogP contribution in [0, 0.1) is 5.92 Å². The predicted octanol–water partition coefficient (Wildman–Crippen LogP) is 1.57. The molecule has 0 bridgehead atoms. The lowest BCUT2D eigenvalue weighted by molar-refractivity contribution is -0.120. The quantitative estimate of drug-likeness (QED) is 0.759. The van der Waals surface area contributed by atoms with Crippen LogP contribution >= 0.6 is 0 Å². The average Bonchev–Trinajstić information content (AvgIpc) is 2.45. The van der Waals surface area contributed by atoms with Gasteiger partial charge < -0.3 is 20.1 Å². The number of hydrogen-bond donors (Lipinski definition) is 2. The van der Waals surface area contributed by atoms with Crippen LogP contribution in [0.15, 0.2) is 18.2 Å². The van der Waals surface area contributed by atoms with Crippen molar-refractivity contribution in [3.63, 3.8) is 0 Å². The van der Waals surface area contributed by atoms with Gasteiger partial charge >= 0.3 is 0 Å². The van der Waals surface area contributed by atoms with Crippen molar-refractivity contribution in [3.8, 4) is 11.5 Å². The van der Waals surface area contributed by atoms with Crippen molar-refractivity contribution in [3.05, 3.63) is 23.8 Å². The van der Waals surface area contributed by atoms with E-state index in [1.54, 1.807) is 14.2 Å². The standard InChI is InChI=1S/C15H24N2O3/c1-11(2)8-17-15(18)10-16-9-12-5-6-13(19-3)7-14(12)20-4/h5-7,11,16H,8-10H2,1-4H3,(H,17,18). The molecule has 112 valence electrons. The van der Waals surface area contributed by atoms with Crippen LogP contribution < -0.4 is 20.1 Å². The Bertz CT molecular complexity index is 433. The second-order valence-electron chi connectivity index (χ2n) is 4.98. The molecule has 1 aromatic rings. The summed E-state index contributed by atoms with van der Waals surface area (Å²) in [4.78, 5) is 11.6. The summed E-state index contributed by atoms with van der Waals surface area (Å²) >= 11 is 0. The van der Waals surface area contributed by atoms with Crippen molar-refractivity contribution >= 4 is 5.91 Å². The Morgan fingerprint density at radius 3 is 2.60 bits per heavy atom. The molecular weight excluding hydrogens is 256 g/mol. The van der Waals surface area contributed by atoms with Crippen molar-refractivity contribution in [2.75, 3.05) is 27.3 Å². The summed E-state index contributed by atoms with van der Waals surface area (Å²) in [6, 6.07) is 5.63. The van der Waals surface area contributed by atoms with E-state index in [2.05, 4.69) is 24.5 Å². The fraction of sp³-hybridized carbons (Fsp3) is 0.533. The Morgan fingerprint density at radius 2 is 2.00 bits per heavy atom. The molecule has 0 fully saturated rings. The highest BCUT2D eigenvalue weighted by atomic mass is 16.5. The molecule has 0 saturated heterocycles. The number of amides is 1. The van der Waals surface area contributed by atoms with E-state index in [0.29, 0.717) is 25.6 Å². The van der Waals surface area contributed by atoms with Crippen molar-refractivity contribution in [1.29, 1.82) is 0 Å². The molecule has 5 heteroatoms. The summed E-state index contributed by atoms with van der Waals surface area (Å²) < 4.78 is 10.4. The number of ether oxygens (including phenoxy) is 2. The lowest BCUT2D eigenvalue weighted by Crippen LogP contribution is -2.35. The van der Waals surface area contributed by atoms with E-state index >= 15 is 0 Å². The van der Waals surface area contributed by atoms with Crippen LogP contribution in [0.3, 0.4) is 0 Å². The summed E-state index contributed by atoms with van der Waals surface area (Å²) in [6.45, 7) is 5.70. The third-order valence-corrected chi connectivity index (χ3v) is 2.80. The molecule has 0 aliphatic carbocycles. The summed E-state index contributed by atoms with van der Waals surface area (Å²) in [5, 5.41) is 5.97. The summed E-state index contributed by atoms with van der Waals surface area (Å²) in [5.74, 6) is 1.96. The number of hydrogen-bond acceptors (Lipinski definition) is 4. The first kappa shape index (κ1) is 16.3. The lowest BCUT2D eigenvalue weighted by Gasteiger charge is -2.12. The molecule has 0 aromatic heterocycles. The predicted molar refractivity (Wildman–Crippen MR) is 79.1 cm³/mol. The van der Waals surface area contributed by atoms with Crippen molar-refractivity contribution < 1.29 is 14.3 Å². The van der Waals surface area contributed by atoms with E-state index in [1.807, 2.05) is 18.2 Å². The van der Waals surface area contributed by atoms with Gasteiger partial charge in [-0.15, -0.1) is 0 Å². The van der Waals surface area contributed by atoms with E-state index in [4.69, 9.17) is 9.47 Å². The van der Waals surface area contributed by atoms with E-state index in [1.165, 1.54) is 0 Å². The van der Waals surface area contributed by atoms with Gasteiger partial charge in [0.25, 0.3) is 0 Å². The van der Waals surface area contributed by atoms with Crippen LogP contribution in [-0.2, 0) is 11.3 Å². The van der Waals surface area contributed by atoms with Gasteiger partial charge in [0.2, 0.25) is 5.91 Å². The minimum atomic E-state index is 0.00572. The molecule has 0 radical (unpaired) electrons. The number of rotatable bonds is 8. The molecule has 20 heavy (non-hydrogen) atoms. The van der Waals surface area contributed by atoms with Gasteiger partial charge in [0.1, 0.15) is 11.5 Å². The van der Waals surface area contributed by atoms with Crippen LogP contribution in [0.1, 0.15) is 19.4 Å². The zero-order valence-corrected chi connectivity index (χ0v) is 12.7. The molecule has 0 spiro atoms. The molecule has 1 rings (SSSR count). The molecule has 0 saturated carbocycles. The van der Waals surface area contributed by atoms with Gasteiger partial charge in [0.15, 0.2) is 0 Å². The second-order valence-corrected chi connectivity index (χ2v) is 4.98. The molecule has 2 N–H and O–H groups in total. The first-order valence-electron chi connectivity index (χ1n) is 6.75. The zero-order chi connectivity index (χ0) is 15.0. The first-order chi connectivity index (χ1) is 9.56. The van der Waals surface area contributed by atoms with Gasteiger partial charge in [0.05, 0.1) is 20.8 Å². The number of benzene rings is 1. The lowest BCUT2D eigenvalue weighted by atomic mass is 10.2. The maximum absolute atomic E-state index is 11.6. The Morgan fingerprint density at radius 1 is 1.25 bits per heavy atom. The summed E-state index contributed by atoms with van der Waals surface area (Å²) in [6.07, 6.45) is 0. The van der Waals surface area contributed by atoms with Gasteiger partial charge in [-0.3, -0.25) is 4.79 Å². The van der Waals surface area contributed by atoms with Crippen LogP contribution in [0.25, 0.3) is 0 Å². The SMILES string of the molecule is COc1ccc(CNCC(=O)NCC(C)C)c(OC)c1. The monoisotopic (exact) mass is 280 g/mol. The molecule has 1 aromatic carbocycles. The molecule has 5 nitrogen and oxygen atoms in total. The number of methoxy groups -OCH3 is 2. The van der Waals surface area contributed by atoms with E-state index in [9.17, 15) is 4.79 Å². The Kier molecular flexibility index (Phi) is 6.87. The summed E-state index contributed by atoms with van der Waals surface area (Å²) in [7, 11) is 3.24. The van der Waals surface area contributed by atoms with E-state index in [0.717, 1.165) is 17.1 Å². The zero-order valence-electron chi connectivity index (χ0n) is 12.7. The molecule has 0 heterocycles. The Hall–Kier alpha value is -1.75. The normalized spacial score (nSPS) is 10.4. The van der Waals surface area contributed by atoms with Crippen LogP contribution in [0.4, 0.5) is 0 Å². The molecule has 0 atom stereocenters. The molecular formula is C15H24N2O3. The molecule has 0 aliphatic rings. The molecule has 0 unspecified atom stereocenters. The first-order valence-corrected chi connectivity index (χ1v) is 6.75. The van der Waals surface area contributed by atoms with E-state index in [-0.39, 0.29) is 5.91 Å². The highest BCUT2D eigenvalue weighted by molar-refractivity contribution is 5.77. The number of carbonyl (C=O) groups is 1. The molecule has 0 aliphatic heterocycles. The number of carbonyl (C=O) groups excluding carboxylic acids is 1. The third kappa shape index (κ3) is 5.48. The maximum Gasteiger partial charge on any atom is 0.233 e. The van der Waals surface area contributed by atoms with Crippen LogP contribution in [0.2, 0.25) is 0 Å². The minimum Gasteiger partial charge on any atom is -0.497 e. The number of nitrogens with one attached hydrogen (secondary N) is 2. The maximum atomic E-state index is 11.6. The fourth-order valence-electron chi connectivity index (χ4n) is 1.69. The topological polar surface area (TPSA) is 59.6 Å². The third-order valence-electron chi connectivity index (χ3n) is 2.80. The van der Waals surface area contributed by atoms with Crippen LogP contribution in [-0.4, -0.2) is 33.2 Å². The van der Waals surface area contributed by atoms with Crippen molar-refractivity contribution in [1.82, 2.24) is 10.6 Å². The molecule has 1 amide bonds. The minimum absolute atomic E-state index is 0.00572. The van der Waals surface area contributed by atoms with Crippen LogP contribution in [0.5, 0.6) is 11.5 Å². The largest absolute Gasteiger partial charge is 0.497 e. The fourth-order valence-corrected chi connectivity index (χ4v) is 1.69. The summed E-state index contributed by atoms with van der Waals surface area (Å²) in [5.41, 5.74) is 0.991. The van der Waals surface area contributed by atoms with Gasteiger partial charge in [-0.1, -0.05) is 19.9 Å². The van der Waals surface area contributed by atoms with Crippen molar-refractivity contribution in [2.45, 2.75) is 20.4 Å². The average molecular weight is 280 g/mol. The smallest absolute Gasteiger partial charge is 0.233 e. The highest BCUT2D eigenvalue weighted by Gasteiger charge is 2.06. The highest BCUT2D eigenvalue weighted by Crippen LogP contribution is 2.24. The Labute approximate surface area is 120 Å². The Balaban J connectivity index is 2.43. The van der Waals surface area contributed by atoms with Gasteiger partial charge in [-0.25, -0.2) is 0 Å². The van der Waals surface area contributed by atoms with Gasteiger partial charge in [-0.05, 0) is 12.0 Å². The van der Waals surface area contributed by atoms with Gasteiger partial charge in [0, 0.05) is 24.7 Å².